The number of nitrogens with one attached hydrogen (secondary N) is 2. The monoisotopic (exact) mass is 822 g/mol. The molecule has 0 bridgehead atoms. The number of halogens is 1. The normalized spacial score (nSPS) is 21.5. The minimum absolute atomic E-state index is 0.0208. The van der Waals surface area contributed by atoms with Gasteiger partial charge < -0.3 is 24.5 Å². The third kappa shape index (κ3) is 13.7. The van der Waals surface area contributed by atoms with Gasteiger partial charge >= 0.3 is 11.9 Å². The van der Waals surface area contributed by atoms with Gasteiger partial charge in [-0.2, -0.15) is 0 Å². The molecule has 0 spiro atoms. The van der Waals surface area contributed by atoms with E-state index in [0.29, 0.717) is 28.3 Å². The van der Waals surface area contributed by atoms with Gasteiger partial charge in [0, 0.05) is 30.3 Å². The molecule has 0 saturated heterocycles. The largest absolute Gasteiger partial charge is 0.459 e. The van der Waals surface area contributed by atoms with E-state index in [1.54, 1.807) is 26.0 Å². The molecule has 3 rings (SSSR count). The highest BCUT2D eigenvalue weighted by molar-refractivity contribution is 6.77. The minimum Gasteiger partial charge on any atom is -0.459 e. The SMILES string of the molecule is Cc1ccc(C[C@H]2NC(=O)/C=C/C[C@@H]([C@H](C)/C=C/c3ccc(CO[Si](C(C)C)(C(C)C)C(C)C)cc3)OC(=O)[C@H](CC(C)C)OC(=O)C(C)(C)CNC2=O)cc1Cl. The first-order chi connectivity index (χ1) is 26.7. The number of cyclic esters (lactones) is 2. The Morgan fingerprint density at radius 3 is 2.09 bits per heavy atom. The van der Waals surface area contributed by atoms with Crippen LogP contribution < -0.4 is 10.6 Å². The van der Waals surface area contributed by atoms with Gasteiger partial charge in [-0.15, -0.1) is 0 Å². The maximum Gasteiger partial charge on any atom is 0.347 e. The molecule has 2 N–H and O–H groups in total. The maximum absolute atomic E-state index is 13.7. The van der Waals surface area contributed by atoms with E-state index in [1.807, 2.05) is 52.0 Å². The number of rotatable bonds is 13. The Labute approximate surface area is 347 Å². The van der Waals surface area contributed by atoms with Crippen LogP contribution in [0.25, 0.3) is 6.08 Å². The summed E-state index contributed by atoms with van der Waals surface area (Å²) < 4.78 is 18.7. The molecule has 2 aromatic rings. The molecule has 314 valence electrons. The molecule has 1 aliphatic rings. The summed E-state index contributed by atoms with van der Waals surface area (Å²) in [5.74, 6) is -2.51. The van der Waals surface area contributed by atoms with Crippen LogP contribution in [0.3, 0.4) is 0 Å². The topological polar surface area (TPSA) is 120 Å². The van der Waals surface area contributed by atoms with Crippen molar-refractivity contribution in [2.75, 3.05) is 6.54 Å². The molecule has 11 heteroatoms. The van der Waals surface area contributed by atoms with E-state index in [1.165, 1.54) is 6.08 Å². The van der Waals surface area contributed by atoms with E-state index in [2.05, 4.69) is 76.4 Å². The van der Waals surface area contributed by atoms with Crippen molar-refractivity contribution >= 4 is 49.7 Å². The molecule has 57 heavy (non-hydrogen) atoms. The van der Waals surface area contributed by atoms with Crippen molar-refractivity contribution in [3.63, 3.8) is 0 Å². The van der Waals surface area contributed by atoms with Gasteiger partial charge in [0.15, 0.2) is 6.10 Å². The summed E-state index contributed by atoms with van der Waals surface area (Å²) in [5, 5.41) is 6.17. The van der Waals surface area contributed by atoms with Crippen LogP contribution in [0.5, 0.6) is 0 Å². The maximum atomic E-state index is 13.7. The zero-order valence-electron chi connectivity index (χ0n) is 36.2. The van der Waals surface area contributed by atoms with Gasteiger partial charge in [0.05, 0.1) is 12.0 Å². The molecule has 4 atom stereocenters. The molecule has 9 nitrogen and oxygen atoms in total. The Kier molecular flexibility index (Phi) is 17.8. The Balaban J connectivity index is 1.88. The van der Waals surface area contributed by atoms with Crippen molar-refractivity contribution in [3.8, 4) is 0 Å². The van der Waals surface area contributed by atoms with E-state index in [9.17, 15) is 19.2 Å². The van der Waals surface area contributed by atoms with Crippen molar-refractivity contribution in [1.29, 1.82) is 0 Å². The van der Waals surface area contributed by atoms with Gasteiger partial charge in [0.1, 0.15) is 12.1 Å². The van der Waals surface area contributed by atoms with Gasteiger partial charge in [-0.25, -0.2) is 4.79 Å². The highest BCUT2D eigenvalue weighted by atomic mass is 35.5. The lowest BCUT2D eigenvalue weighted by atomic mass is 9.93. The van der Waals surface area contributed by atoms with E-state index in [0.717, 1.165) is 22.3 Å². The second kappa shape index (κ2) is 21.3. The molecular formula is C46H67ClN2O7Si. The summed E-state index contributed by atoms with van der Waals surface area (Å²) in [6.07, 6.45) is 5.76. The number of carbonyl (C=O) groups is 4. The van der Waals surface area contributed by atoms with Crippen LogP contribution >= 0.6 is 11.6 Å². The zero-order valence-corrected chi connectivity index (χ0v) is 38.0. The minimum atomic E-state index is -2.00. The van der Waals surface area contributed by atoms with Crippen LogP contribution in [0.4, 0.5) is 0 Å². The number of esters is 2. The number of carbonyl (C=O) groups excluding carboxylic acids is 4. The van der Waals surface area contributed by atoms with E-state index in [-0.39, 0.29) is 37.6 Å². The molecule has 2 amide bonds. The highest BCUT2D eigenvalue weighted by Crippen LogP contribution is 2.42. The quantitative estimate of drug-likeness (QED) is 0.153. The first-order valence-corrected chi connectivity index (χ1v) is 23.0. The van der Waals surface area contributed by atoms with Crippen LogP contribution in [0, 0.1) is 24.2 Å². The molecule has 0 aliphatic carbocycles. The van der Waals surface area contributed by atoms with Crippen LogP contribution in [-0.4, -0.2) is 56.9 Å². The summed E-state index contributed by atoms with van der Waals surface area (Å²) in [7, 11) is -2.00. The van der Waals surface area contributed by atoms with Crippen molar-refractivity contribution in [2.24, 2.45) is 17.3 Å². The fraction of sp³-hybridized carbons (Fsp3) is 0.565. The van der Waals surface area contributed by atoms with Crippen LogP contribution in [0.15, 0.2) is 60.7 Å². The number of benzene rings is 2. The Morgan fingerprint density at radius 1 is 0.895 bits per heavy atom. The van der Waals surface area contributed by atoms with Crippen LogP contribution in [0.1, 0.15) is 111 Å². The molecule has 0 unspecified atom stereocenters. The number of ether oxygens (including phenoxy) is 2. The van der Waals surface area contributed by atoms with Gasteiger partial charge in [-0.3, -0.25) is 14.4 Å². The zero-order chi connectivity index (χ0) is 42.7. The van der Waals surface area contributed by atoms with Crippen LogP contribution in [-0.2, 0) is 46.1 Å². The number of aryl methyl sites for hydroxylation is 1. The third-order valence-corrected chi connectivity index (χ3v) is 17.5. The first-order valence-electron chi connectivity index (χ1n) is 20.5. The van der Waals surface area contributed by atoms with Gasteiger partial charge in [-0.1, -0.05) is 129 Å². The summed E-state index contributed by atoms with van der Waals surface area (Å²) in [6, 6.07) is 12.8. The standard InChI is InChI=1S/C46H67ClN2O7Si/c1-29(2)24-41-44(52)55-40(34(10)17-18-35-20-22-36(23-21-35)27-54-57(30(3)4,31(5)6)32(7)8)14-13-15-42(50)49-39(26-37-19-16-33(9)38(47)25-37)43(51)48-28-46(11,12)45(53)56-41/h13,15-23,25,29-32,34,39-41H,14,24,26-28H2,1-12H3,(H,48,51)(H,49,50)/b15-13+,18-17+/t34-,39-,40+,41+/m1/s1. The third-order valence-electron chi connectivity index (χ3n) is 11.0. The predicted octanol–water partition coefficient (Wildman–Crippen LogP) is 9.69. The average Bonchev–Trinajstić information content (AvgIpc) is 3.13. The number of hydrogen-bond donors (Lipinski definition) is 2. The summed E-state index contributed by atoms with van der Waals surface area (Å²) in [6.45, 7) is 25.2. The summed E-state index contributed by atoms with van der Waals surface area (Å²) >= 11 is 6.37. The number of hydrogen-bond acceptors (Lipinski definition) is 7. The average molecular weight is 824 g/mol. The lowest BCUT2D eigenvalue weighted by molar-refractivity contribution is -0.178. The molecule has 0 aromatic heterocycles. The van der Waals surface area contributed by atoms with Crippen LogP contribution in [0.2, 0.25) is 21.6 Å². The molecule has 1 aliphatic heterocycles. The fourth-order valence-electron chi connectivity index (χ4n) is 7.57. The lowest BCUT2D eigenvalue weighted by Crippen LogP contribution is -2.51. The van der Waals surface area contributed by atoms with Gasteiger partial charge in [0.2, 0.25) is 20.1 Å². The Morgan fingerprint density at radius 2 is 1.51 bits per heavy atom. The molecule has 0 saturated carbocycles. The molecule has 2 aromatic carbocycles. The number of amides is 2. The summed E-state index contributed by atoms with van der Waals surface area (Å²) in [4.78, 5) is 54.1. The van der Waals surface area contributed by atoms with Crippen molar-refractivity contribution in [3.05, 3.63) is 88.0 Å². The summed E-state index contributed by atoms with van der Waals surface area (Å²) in [5.41, 5.74) is 4.07. The van der Waals surface area contributed by atoms with Crippen molar-refractivity contribution < 1.29 is 33.1 Å². The molecular weight excluding hydrogens is 756 g/mol. The molecule has 0 radical (unpaired) electrons. The lowest BCUT2D eigenvalue weighted by Gasteiger charge is -2.42. The Bertz CT molecular complexity index is 1710. The van der Waals surface area contributed by atoms with Gasteiger partial charge in [0.25, 0.3) is 0 Å². The van der Waals surface area contributed by atoms with Crippen molar-refractivity contribution in [1.82, 2.24) is 10.6 Å². The fourth-order valence-corrected chi connectivity index (χ4v) is 13.2. The van der Waals surface area contributed by atoms with E-state index < -0.39 is 55.7 Å². The van der Waals surface area contributed by atoms with Gasteiger partial charge in [-0.05, 0) is 84.1 Å². The Hall–Kier alpha value is -3.73. The van der Waals surface area contributed by atoms with E-state index >= 15 is 0 Å². The first kappa shape index (κ1) is 47.6. The molecule has 1 heterocycles. The second-order valence-electron chi connectivity index (χ2n) is 17.7. The van der Waals surface area contributed by atoms with Crippen molar-refractivity contribution in [2.45, 2.75) is 144 Å². The van der Waals surface area contributed by atoms with E-state index in [4.69, 9.17) is 25.5 Å². The second-order valence-corrected chi connectivity index (χ2v) is 23.5. The molecule has 0 fully saturated rings. The highest BCUT2D eigenvalue weighted by Gasteiger charge is 2.45. The predicted molar refractivity (Wildman–Crippen MR) is 232 cm³/mol. The smallest absolute Gasteiger partial charge is 0.347 e.